The van der Waals surface area contributed by atoms with Gasteiger partial charge in [0.05, 0.1) is 0 Å². The minimum atomic E-state index is 0.297. The molecule has 62 valence electrons. The molecule has 0 unspecified atom stereocenters. The first-order valence-corrected chi connectivity index (χ1v) is 3.86. The first-order valence-electron chi connectivity index (χ1n) is 3.86. The highest BCUT2D eigenvalue weighted by Crippen LogP contribution is 2.10. The van der Waals surface area contributed by atoms with Crippen LogP contribution in [0.15, 0.2) is 18.5 Å². The summed E-state index contributed by atoms with van der Waals surface area (Å²) >= 11 is 0. The van der Waals surface area contributed by atoms with Crippen molar-refractivity contribution in [2.24, 2.45) is 0 Å². The maximum absolute atomic E-state index is 5.25. The molecule has 1 heterocycles. The molecular formula is C10H12N2. The van der Waals surface area contributed by atoms with Crippen molar-refractivity contribution in [3.63, 3.8) is 0 Å². The molecule has 12 heavy (non-hydrogen) atoms. The lowest BCUT2D eigenvalue weighted by atomic mass is 10.1. The van der Waals surface area contributed by atoms with Crippen molar-refractivity contribution in [3.8, 4) is 12.3 Å². The van der Waals surface area contributed by atoms with Gasteiger partial charge in [0.2, 0.25) is 0 Å². The summed E-state index contributed by atoms with van der Waals surface area (Å²) in [4.78, 5) is 4.04. The van der Waals surface area contributed by atoms with Crippen molar-refractivity contribution in [2.45, 2.75) is 13.0 Å². The van der Waals surface area contributed by atoms with Crippen molar-refractivity contribution in [1.29, 1.82) is 0 Å². The van der Waals surface area contributed by atoms with Crippen molar-refractivity contribution < 1.29 is 0 Å². The van der Waals surface area contributed by atoms with Gasteiger partial charge in [0.15, 0.2) is 0 Å². The van der Waals surface area contributed by atoms with Crippen molar-refractivity contribution in [1.82, 2.24) is 10.3 Å². The molecule has 0 bridgehead atoms. The molecule has 0 radical (unpaired) electrons. The molecule has 2 nitrogen and oxygen atoms in total. The Labute approximate surface area is 73.0 Å². The van der Waals surface area contributed by atoms with Crippen LogP contribution >= 0.6 is 0 Å². The maximum Gasteiger partial charge on any atom is 0.0429 e. The van der Waals surface area contributed by atoms with Crippen molar-refractivity contribution in [3.05, 3.63) is 29.6 Å². The highest BCUT2D eigenvalue weighted by molar-refractivity contribution is 5.32. The molecule has 0 fully saturated rings. The van der Waals surface area contributed by atoms with E-state index in [9.17, 15) is 0 Å². The third kappa shape index (κ3) is 1.84. The number of hydrogen-bond donors (Lipinski definition) is 1. The summed E-state index contributed by atoms with van der Waals surface area (Å²) in [5.74, 6) is 2.56. The largest absolute Gasteiger partial charge is 0.313 e. The summed E-state index contributed by atoms with van der Waals surface area (Å²) in [6, 6.07) is 2.26. The van der Waals surface area contributed by atoms with Gasteiger partial charge in [0.1, 0.15) is 0 Å². The van der Waals surface area contributed by atoms with Gasteiger partial charge < -0.3 is 5.32 Å². The zero-order valence-corrected chi connectivity index (χ0v) is 7.33. The molecule has 0 aliphatic rings. The fourth-order valence-electron chi connectivity index (χ4n) is 0.940. The lowest BCUT2D eigenvalue weighted by molar-refractivity contribution is 0.649. The molecule has 0 amide bonds. The molecular weight excluding hydrogens is 148 g/mol. The van der Waals surface area contributed by atoms with Crippen LogP contribution in [0.5, 0.6) is 0 Å². The molecule has 0 aromatic carbocycles. The van der Waals surface area contributed by atoms with Crippen LogP contribution in [-0.2, 0) is 0 Å². The zero-order valence-electron chi connectivity index (χ0n) is 7.33. The summed E-state index contributed by atoms with van der Waals surface area (Å²) < 4.78 is 0. The fourth-order valence-corrected chi connectivity index (χ4v) is 0.940. The summed E-state index contributed by atoms with van der Waals surface area (Å²) in [5, 5.41) is 3.12. The predicted molar refractivity (Wildman–Crippen MR) is 49.6 cm³/mol. The van der Waals surface area contributed by atoms with Crippen LogP contribution in [0.3, 0.4) is 0 Å². The van der Waals surface area contributed by atoms with E-state index in [0.717, 1.165) is 11.1 Å². The van der Waals surface area contributed by atoms with Crippen LogP contribution in [0.1, 0.15) is 24.1 Å². The Morgan fingerprint density at radius 3 is 2.92 bits per heavy atom. The van der Waals surface area contributed by atoms with E-state index in [1.807, 2.05) is 19.3 Å². The number of nitrogens with zero attached hydrogens (tertiary/aromatic N) is 1. The molecule has 0 aliphatic carbocycles. The lowest BCUT2D eigenvalue weighted by Crippen LogP contribution is -2.12. The average molecular weight is 160 g/mol. The van der Waals surface area contributed by atoms with E-state index in [1.165, 1.54) is 0 Å². The summed E-state index contributed by atoms with van der Waals surface area (Å²) in [7, 11) is 1.91. The minimum Gasteiger partial charge on any atom is -0.313 e. The second-order valence-corrected chi connectivity index (χ2v) is 2.66. The van der Waals surface area contributed by atoms with Crippen LogP contribution in [-0.4, -0.2) is 12.0 Å². The Hall–Kier alpha value is -1.33. The van der Waals surface area contributed by atoms with E-state index >= 15 is 0 Å². The van der Waals surface area contributed by atoms with Gasteiger partial charge >= 0.3 is 0 Å². The summed E-state index contributed by atoms with van der Waals surface area (Å²) in [6.45, 7) is 2.07. The van der Waals surface area contributed by atoms with E-state index in [0.29, 0.717) is 6.04 Å². The average Bonchev–Trinajstić information content (AvgIpc) is 2.17. The number of hydrogen-bond acceptors (Lipinski definition) is 2. The van der Waals surface area contributed by atoms with Gasteiger partial charge in [0.25, 0.3) is 0 Å². The number of terminal acetylenes is 1. The fraction of sp³-hybridized carbons (Fsp3) is 0.300. The van der Waals surface area contributed by atoms with E-state index < -0.39 is 0 Å². The Morgan fingerprint density at radius 1 is 1.58 bits per heavy atom. The molecule has 1 N–H and O–H groups in total. The molecule has 1 aromatic heterocycles. The van der Waals surface area contributed by atoms with E-state index in [4.69, 9.17) is 6.42 Å². The quantitative estimate of drug-likeness (QED) is 0.660. The highest BCUT2D eigenvalue weighted by Gasteiger charge is 2.01. The van der Waals surface area contributed by atoms with Gasteiger partial charge in [-0.3, -0.25) is 4.98 Å². The van der Waals surface area contributed by atoms with Crippen LogP contribution in [0.4, 0.5) is 0 Å². The first-order chi connectivity index (χ1) is 5.77. The molecule has 0 saturated heterocycles. The summed E-state index contributed by atoms with van der Waals surface area (Å²) in [6.07, 6.45) is 8.76. The smallest absolute Gasteiger partial charge is 0.0429 e. The molecule has 1 atom stereocenters. The first kappa shape index (κ1) is 8.76. The number of nitrogens with one attached hydrogen (secondary N) is 1. The SMILES string of the molecule is C#Cc1cncc([C@@H](C)NC)c1. The predicted octanol–water partition coefficient (Wildman–Crippen LogP) is 1.34. The molecule has 0 saturated carbocycles. The second kappa shape index (κ2) is 3.89. The molecule has 1 rings (SSSR count). The maximum atomic E-state index is 5.25. The second-order valence-electron chi connectivity index (χ2n) is 2.66. The highest BCUT2D eigenvalue weighted by atomic mass is 14.9. The van der Waals surface area contributed by atoms with Crippen LogP contribution in [0.2, 0.25) is 0 Å². The van der Waals surface area contributed by atoms with Crippen LogP contribution in [0.25, 0.3) is 0 Å². The standard InChI is InChI=1S/C10H12N2/c1-4-9-5-10(7-12-6-9)8(2)11-3/h1,5-8,11H,2-3H3/t8-/m1/s1. The van der Waals surface area contributed by atoms with Gasteiger partial charge in [-0.2, -0.15) is 0 Å². The Bertz CT molecular complexity index is 299. The van der Waals surface area contributed by atoms with E-state index in [2.05, 4.69) is 23.1 Å². The van der Waals surface area contributed by atoms with Gasteiger partial charge in [0, 0.05) is 24.0 Å². The molecule has 2 heteroatoms. The van der Waals surface area contributed by atoms with Gasteiger partial charge in [-0.1, -0.05) is 5.92 Å². The number of pyridine rings is 1. The van der Waals surface area contributed by atoms with Crippen molar-refractivity contribution >= 4 is 0 Å². The summed E-state index contributed by atoms with van der Waals surface area (Å²) in [5.41, 5.74) is 1.95. The van der Waals surface area contributed by atoms with Gasteiger partial charge in [-0.05, 0) is 25.6 Å². The Kier molecular flexibility index (Phi) is 2.84. The lowest BCUT2D eigenvalue weighted by Gasteiger charge is -2.09. The normalized spacial score (nSPS) is 12.1. The third-order valence-electron chi connectivity index (χ3n) is 1.86. The van der Waals surface area contributed by atoms with Crippen molar-refractivity contribution in [2.75, 3.05) is 7.05 Å². The molecule has 0 spiro atoms. The minimum absolute atomic E-state index is 0.297. The Morgan fingerprint density at radius 2 is 2.33 bits per heavy atom. The van der Waals surface area contributed by atoms with Crippen LogP contribution < -0.4 is 5.32 Å². The van der Waals surface area contributed by atoms with Gasteiger partial charge in [-0.15, -0.1) is 6.42 Å². The molecule has 0 aliphatic heterocycles. The monoisotopic (exact) mass is 160 g/mol. The zero-order chi connectivity index (χ0) is 8.97. The van der Waals surface area contributed by atoms with E-state index in [-0.39, 0.29) is 0 Å². The third-order valence-corrected chi connectivity index (χ3v) is 1.86. The topological polar surface area (TPSA) is 24.9 Å². The van der Waals surface area contributed by atoms with Gasteiger partial charge in [-0.25, -0.2) is 0 Å². The van der Waals surface area contributed by atoms with E-state index in [1.54, 1.807) is 6.20 Å². The molecule has 1 aromatic rings. The number of aromatic nitrogens is 1. The Balaban J connectivity index is 2.95. The number of rotatable bonds is 2. The van der Waals surface area contributed by atoms with Crippen LogP contribution in [0, 0.1) is 12.3 Å².